The number of hydrogen-bond acceptors (Lipinski definition) is 13. The summed E-state index contributed by atoms with van der Waals surface area (Å²) in [7, 11) is 1.41. The summed E-state index contributed by atoms with van der Waals surface area (Å²) >= 11 is 20.1. The largest absolute Gasteiger partial charge is 0.495 e. The van der Waals surface area contributed by atoms with Crippen molar-refractivity contribution in [1.29, 1.82) is 5.26 Å². The van der Waals surface area contributed by atoms with Crippen molar-refractivity contribution in [3.05, 3.63) is 216 Å². The lowest BCUT2D eigenvalue weighted by Crippen LogP contribution is -2.40. The second-order valence-electron chi connectivity index (χ2n) is 28.0. The van der Waals surface area contributed by atoms with E-state index >= 15 is 8.78 Å². The number of hydrogen-bond donors (Lipinski definition) is 5. The minimum Gasteiger partial charge on any atom is -0.495 e. The van der Waals surface area contributed by atoms with E-state index in [2.05, 4.69) is 67.8 Å². The summed E-state index contributed by atoms with van der Waals surface area (Å²) < 4.78 is 44.7. The van der Waals surface area contributed by atoms with Gasteiger partial charge in [0.15, 0.2) is 11.6 Å². The second kappa shape index (κ2) is 30.6. The van der Waals surface area contributed by atoms with Crippen LogP contribution >= 0.6 is 46.1 Å². The van der Waals surface area contributed by atoms with Gasteiger partial charge in [0.2, 0.25) is 11.8 Å². The number of esters is 1. The van der Waals surface area contributed by atoms with Crippen LogP contribution in [0.4, 0.5) is 20.2 Å². The molecule has 1 saturated carbocycles. The van der Waals surface area contributed by atoms with E-state index in [0.717, 1.165) is 73.8 Å². The van der Waals surface area contributed by atoms with Crippen LogP contribution in [0.1, 0.15) is 166 Å². The zero-order valence-corrected chi connectivity index (χ0v) is 61.7. The van der Waals surface area contributed by atoms with Gasteiger partial charge < -0.3 is 35.8 Å². The van der Waals surface area contributed by atoms with Crippen molar-refractivity contribution in [3.8, 4) is 16.8 Å². The van der Waals surface area contributed by atoms with Gasteiger partial charge in [-0.1, -0.05) is 124 Å². The van der Waals surface area contributed by atoms with Gasteiger partial charge in [-0.3, -0.25) is 28.7 Å². The fourth-order valence-electron chi connectivity index (χ4n) is 13.4. The number of fused-ring (bicyclic) bond motifs is 5. The molecule has 0 unspecified atom stereocenters. The molecule has 101 heavy (non-hydrogen) atoms. The van der Waals surface area contributed by atoms with Crippen molar-refractivity contribution in [2.45, 2.75) is 144 Å². The number of methoxy groups -OCH3 is 1. The number of ketones is 1. The topological polar surface area (TPSA) is 248 Å². The third-order valence-electron chi connectivity index (χ3n) is 18.5. The number of carbonyl (C=O) groups excluding carboxylic acids is 4. The number of rotatable bonds is 16. The first-order valence-electron chi connectivity index (χ1n) is 33.3. The first-order valence-corrected chi connectivity index (χ1v) is 35.3. The SMILES string of the molecule is CC[C@H](C)[C@H](N)C(=O)Nc1ccc2nc(Cc3c[nH]c4ccccc34)[nH]c2c1.COc1cc(C(C)=O)ccc1NC(=O)[C@@H]1C[C@@H](CC(C)(C)C)[C@](C#N)(c2ccc(Cl)cc2F)[C@H]1c1cccc(Cl)c1F.Cc1sc2c(c1C)C(c1ccc(Cl)cc1)=N[C@@H](CC(=O)OC(C)(C)C)c1nnc(C)n1-2. The lowest BCUT2D eigenvalue weighted by molar-refractivity contribution is -0.155. The molecule has 6 aromatic carbocycles. The summed E-state index contributed by atoms with van der Waals surface area (Å²) in [5.74, 6) is -2.54. The van der Waals surface area contributed by atoms with Crippen LogP contribution in [0, 0.1) is 66.9 Å². The van der Waals surface area contributed by atoms with Crippen molar-refractivity contribution in [1.82, 2.24) is 29.7 Å². The zero-order chi connectivity index (χ0) is 73.2. The molecule has 526 valence electrons. The van der Waals surface area contributed by atoms with Crippen molar-refractivity contribution < 1.29 is 37.4 Å². The highest BCUT2D eigenvalue weighted by Crippen LogP contribution is 2.61. The number of nitrogens with zero attached hydrogens (tertiary/aromatic N) is 6. The molecule has 1 aliphatic carbocycles. The van der Waals surface area contributed by atoms with Crippen molar-refractivity contribution in [2.75, 3.05) is 17.7 Å². The number of aryl methyl sites for hydroxylation is 2. The van der Waals surface area contributed by atoms with E-state index in [-0.39, 0.29) is 68.8 Å². The molecule has 0 radical (unpaired) electrons. The number of aliphatic imine (C=N–C) groups is 1. The number of anilines is 2. The fourth-order valence-corrected chi connectivity index (χ4v) is 15.1. The van der Waals surface area contributed by atoms with E-state index in [4.69, 9.17) is 55.0 Å². The van der Waals surface area contributed by atoms with Crippen LogP contribution in [0.2, 0.25) is 15.1 Å². The van der Waals surface area contributed by atoms with Crippen LogP contribution in [-0.4, -0.2) is 77.7 Å². The number of imidazole rings is 1. The van der Waals surface area contributed by atoms with Gasteiger partial charge in [0.25, 0.3) is 0 Å². The lowest BCUT2D eigenvalue weighted by Gasteiger charge is -2.38. The Hall–Kier alpha value is -9.10. The molecule has 7 atom stereocenters. The second-order valence-corrected chi connectivity index (χ2v) is 30.5. The quantitative estimate of drug-likeness (QED) is 0.0449. The third-order valence-corrected chi connectivity index (χ3v) is 20.5. The number of nitrogens with two attached hydrogens (primary N) is 1. The Balaban J connectivity index is 0.000000167. The van der Waals surface area contributed by atoms with Crippen molar-refractivity contribution in [3.63, 3.8) is 0 Å². The smallest absolute Gasteiger partial charge is 0.308 e. The number of ether oxygens (including phenoxy) is 2. The average Bonchev–Trinajstić information content (AvgIpc) is 1.57. The maximum Gasteiger partial charge on any atom is 0.308 e. The third kappa shape index (κ3) is 16.3. The number of carbonyl (C=O) groups is 4. The van der Waals surface area contributed by atoms with E-state index < -0.39 is 58.4 Å². The van der Waals surface area contributed by atoms with Crippen LogP contribution in [0.25, 0.3) is 26.9 Å². The number of Topliss-reactive ketones (excluding diaryl/α,β-unsaturated/α-hetero) is 1. The number of nitriles is 1. The normalized spacial score (nSPS) is 17.7. The minimum atomic E-state index is -1.64. The molecule has 17 nitrogen and oxygen atoms in total. The Labute approximate surface area is 605 Å². The van der Waals surface area contributed by atoms with Gasteiger partial charge in [-0.15, -0.1) is 21.5 Å². The van der Waals surface area contributed by atoms with Crippen molar-refractivity contribution >= 4 is 109 Å². The predicted molar refractivity (Wildman–Crippen MR) is 397 cm³/mol. The number of aromatic nitrogens is 6. The molecule has 0 spiro atoms. The Bertz CT molecular complexity index is 4850. The summed E-state index contributed by atoms with van der Waals surface area (Å²) in [5.41, 5.74) is 13.1. The first-order chi connectivity index (χ1) is 47.8. The Morgan fingerprint density at radius 1 is 0.881 bits per heavy atom. The van der Waals surface area contributed by atoms with E-state index in [9.17, 15) is 24.4 Å². The summed E-state index contributed by atoms with van der Waals surface area (Å²) in [4.78, 5) is 68.7. The van der Waals surface area contributed by atoms with Gasteiger partial charge in [0.1, 0.15) is 45.7 Å². The molecule has 5 heterocycles. The highest BCUT2D eigenvalue weighted by Gasteiger charge is 2.61. The molecule has 6 N–H and O–H groups in total. The van der Waals surface area contributed by atoms with Gasteiger partial charge >= 0.3 is 5.97 Å². The number of para-hydroxylation sites is 1. The Morgan fingerprint density at radius 2 is 1.60 bits per heavy atom. The molecule has 1 fully saturated rings. The Morgan fingerprint density at radius 3 is 2.28 bits per heavy atom. The molecule has 4 aromatic heterocycles. The van der Waals surface area contributed by atoms with Gasteiger partial charge in [-0.2, -0.15) is 5.26 Å². The number of aromatic amines is 2. The summed E-state index contributed by atoms with van der Waals surface area (Å²) in [6.45, 7) is 23.1. The van der Waals surface area contributed by atoms with Gasteiger partial charge in [-0.25, -0.2) is 13.8 Å². The summed E-state index contributed by atoms with van der Waals surface area (Å²) in [6, 6.07) is 36.0. The number of H-pyrrole nitrogens is 2. The summed E-state index contributed by atoms with van der Waals surface area (Å²) in [5, 5.41) is 28.3. The number of thiophene rings is 1. The minimum absolute atomic E-state index is 0.0479. The number of halogens is 5. The lowest BCUT2D eigenvalue weighted by atomic mass is 9.62. The fraction of sp³-hybridized carbons (Fsp3) is 0.346. The Kier molecular flexibility index (Phi) is 22.6. The molecular formula is C78H82Cl3F2N11O6S. The molecule has 2 amide bonds. The van der Waals surface area contributed by atoms with Crippen LogP contribution in [0.15, 0.2) is 133 Å². The van der Waals surface area contributed by atoms with Gasteiger partial charge in [-0.05, 0) is 168 Å². The maximum atomic E-state index is 15.8. The standard InChI is InChI=1S/C33H32Cl2F2N2O3.C23H25ClN4O2S.C22H25N5O/c1-18(40)19-9-12-27(28(13-19)42-5)39-31(41)23-14-20(16-32(2,3)4)33(17-38,24-11-10-21(34)15-26(24)36)29(23)22-7-6-8-25(35)30(22)37;1-12-13(2)31-22-19(12)20(15-7-9-16(24)10-8-15)25-17(11-18(29)30-23(4,5)6)21-27-26-14(3)28(21)22;1-3-13(2)21(23)22(28)25-15-8-9-18-19(11-15)27-20(26-18)10-14-12-24-17-7-5-4-6-16(14)17/h6-13,15,20,23,29H,14,16H2,1-5H3,(H,39,41);7-10,17H,11H2,1-6H3;4-9,11-13,21,24H,3,10,23H2,1-2H3,(H,25,28)(H,26,27)/t20-,23+,29-,33+;17-;13-,21-/m000/s1. The van der Waals surface area contributed by atoms with Crippen LogP contribution in [0.5, 0.6) is 5.75 Å². The van der Waals surface area contributed by atoms with E-state index in [1.54, 1.807) is 29.5 Å². The van der Waals surface area contributed by atoms with Crippen molar-refractivity contribution in [2.24, 2.45) is 33.9 Å². The predicted octanol–water partition coefficient (Wildman–Crippen LogP) is 18.2. The monoisotopic (exact) mass is 1440 g/mol. The van der Waals surface area contributed by atoms with Crippen LogP contribution < -0.4 is 21.1 Å². The molecule has 0 bridgehead atoms. The number of benzene rings is 6. The molecule has 2 aliphatic rings. The van der Waals surface area contributed by atoms with Gasteiger partial charge in [0, 0.05) is 78.2 Å². The molecule has 0 saturated heterocycles. The van der Waals surface area contributed by atoms with Gasteiger partial charge in [0.05, 0.1) is 58.5 Å². The molecule has 1 aliphatic heterocycles. The molecule has 12 rings (SSSR count). The first kappa shape index (κ1) is 74.6. The number of nitrogens with one attached hydrogen (secondary N) is 4. The number of amides is 2. The van der Waals surface area contributed by atoms with E-state index in [1.807, 2.05) is 128 Å². The molecular weight excluding hydrogens is 1360 g/mol. The molecule has 23 heteroatoms. The zero-order valence-electron chi connectivity index (χ0n) is 58.6. The summed E-state index contributed by atoms with van der Waals surface area (Å²) in [6.07, 6.45) is 4.30. The van der Waals surface area contributed by atoms with E-state index in [1.165, 1.54) is 60.2 Å². The molecule has 10 aromatic rings. The van der Waals surface area contributed by atoms with Crippen LogP contribution in [0.3, 0.4) is 0 Å². The highest BCUT2D eigenvalue weighted by molar-refractivity contribution is 7.15. The maximum absolute atomic E-state index is 15.8. The van der Waals surface area contributed by atoms with E-state index in [0.29, 0.717) is 34.9 Å². The average molecular weight is 1450 g/mol. The van der Waals surface area contributed by atoms with Crippen LogP contribution in [-0.2, 0) is 31.0 Å². The highest BCUT2D eigenvalue weighted by atomic mass is 35.5.